The third-order valence-corrected chi connectivity index (χ3v) is 18.0. The molecule has 0 aromatic carbocycles. The van der Waals surface area contributed by atoms with Gasteiger partial charge in [-0.05, 0) is 95.8 Å². The van der Waals surface area contributed by atoms with E-state index in [1.165, 1.54) is 32.8 Å². The first-order valence-electron chi connectivity index (χ1n) is 43.4. The minimum atomic E-state index is -8.07. The van der Waals surface area contributed by atoms with Crippen LogP contribution in [0.2, 0.25) is 0 Å². The molecule has 24 nitrogen and oxygen atoms in total. The molecule has 0 bridgehead atoms. The van der Waals surface area contributed by atoms with E-state index in [2.05, 4.69) is 36.1 Å². The van der Waals surface area contributed by atoms with Crippen LogP contribution < -0.4 is 0 Å². The maximum Gasteiger partial charge on any atom is 0.460 e. The second kappa shape index (κ2) is 84.9. The Labute approximate surface area is 807 Å². The first-order chi connectivity index (χ1) is 62.6. The number of aliphatic hydroxyl groups is 2. The molecule has 0 spiro atoms. The third kappa shape index (κ3) is 62.5. The number of ether oxygens (including phenoxy) is 16. The Bertz CT molecular complexity index is 3060. The number of unbranched alkanes of at least 4 members (excludes halogenated alkanes) is 6. The highest BCUT2D eigenvalue weighted by Crippen LogP contribution is 2.62. The lowest BCUT2D eigenvalue weighted by molar-refractivity contribution is -0.440. The molecule has 3 unspecified atom stereocenters. The molecule has 0 saturated heterocycles. The van der Waals surface area contributed by atoms with Gasteiger partial charge in [-0.25, -0.2) is 14.4 Å². The standard InChI is InChI=1S/C43H69F13O12.C21H40O8.C11H7F13O2.C9H16O2.6CH4/c1-4-6-7-8-27-66-35(58)31-33(34(5-2)37(60)68-29-15-38(44,45)39(46,47)40(48,49)41(50,51)42(52,53)43(54,55)56)30-32(3)36(59)67-28-14-26-65-25-13-24-64-23-12-22-63-21-11-20-62-19-10-18-61-17-9-16-57;1-2-21(23)29-20-8-19-28-18-7-17-27-16-6-15-26-14-5-13-25-12-4-11-24-10-3-9-22;1-2-5(25)26-4-3-6(12,13)7(14,15)8(16,17)9(18,19)10(20,21)11(22,23)24;1-3-5-6-7-8-11-9(10)4-2;;;;;;/h32-34,57H,4-31H2,1-3H3;2,22H,1,3-20H2;2H,1,3-4H2;4H,2-3,5-8H2,1H3;6*1H4. The van der Waals surface area contributed by atoms with Crippen molar-refractivity contribution < 1.29 is 229 Å². The first-order valence-corrected chi connectivity index (χ1v) is 43.4. The van der Waals surface area contributed by atoms with E-state index in [1.54, 1.807) is 0 Å². The fourth-order valence-corrected chi connectivity index (χ4v) is 10.4. The normalized spacial score (nSPS) is 12.8. The van der Waals surface area contributed by atoms with Crippen molar-refractivity contribution in [2.45, 2.75) is 304 Å². The van der Waals surface area contributed by atoms with Gasteiger partial charge in [-0.15, -0.1) is 0 Å². The Hall–Kier alpha value is -6.26. The van der Waals surface area contributed by atoms with E-state index in [0.29, 0.717) is 190 Å². The lowest BCUT2D eigenvalue weighted by atomic mass is 9.81. The summed E-state index contributed by atoms with van der Waals surface area (Å²) in [6, 6.07) is 0. The molecule has 0 aromatic heterocycles. The Balaban J connectivity index is -0.000000240. The van der Waals surface area contributed by atoms with Gasteiger partial charge in [0.25, 0.3) is 0 Å². The molecule has 0 heterocycles. The van der Waals surface area contributed by atoms with Crippen molar-refractivity contribution >= 4 is 35.8 Å². The monoisotopic (exact) mass is 2120 g/mol. The number of rotatable bonds is 81. The number of alkyl halides is 26. The van der Waals surface area contributed by atoms with Crippen LogP contribution in [0.25, 0.3) is 0 Å². The van der Waals surface area contributed by atoms with Gasteiger partial charge < -0.3 is 86.0 Å². The van der Waals surface area contributed by atoms with Crippen LogP contribution in [0.3, 0.4) is 0 Å². The number of hydrogen-bond acceptors (Lipinski definition) is 24. The van der Waals surface area contributed by atoms with Crippen LogP contribution in [-0.2, 0) is 105 Å². The van der Waals surface area contributed by atoms with Gasteiger partial charge in [0.05, 0.1) is 64.3 Å². The smallest absolute Gasteiger partial charge is 0.460 e. The predicted octanol–water partition coefficient (Wildman–Crippen LogP) is 22.9. The number of carbonyl (C=O) groups excluding carboxylic acids is 6. The number of carbonyl (C=O) groups is 6. The van der Waals surface area contributed by atoms with Gasteiger partial charge in [0.1, 0.15) is 0 Å². The molecule has 0 aromatic rings. The van der Waals surface area contributed by atoms with Crippen LogP contribution in [-0.4, -0.2) is 303 Å². The lowest BCUT2D eigenvalue weighted by Crippen LogP contribution is -2.70. The zero-order valence-electron chi connectivity index (χ0n) is 75.8. The second-order valence-corrected chi connectivity index (χ2v) is 29.2. The Morgan fingerprint density at radius 1 is 0.271 bits per heavy atom. The molecule has 0 aliphatic rings. The molecule has 2 N–H and O–H groups in total. The van der Waals surface area contributed by atoms with E-state index >= 15 is 0 Å². The maximum atomic E-state index is 14.4. The Morgan fingerprint density at radius 3 is 0.743 bits per heavy atom. The molecule has 3 atom stereocenters. The average Bonchev–Trinajstić information content (AvgIpc) is 0.715. The molecule has 842 valence electrons. The van der Waals surface area contributed by atoms with E-state index in [1.807, 2.05) is 6.92 Å². The molecular weight excluding hydrogens is 1960 g/mol. The zero-order valence-corrected chi connectivity index (χ0v) is 75.8. The van der Waals surface area contributed by atoms with Crippen molar-refractivity contribution in [2.75, 3.05) is 185 Å². The van der Waals surface area contributed by atoms with E-state index < -0.39 is 152 Å². The summed E-state index contributed by atoms with van der Waals surface area (Å²) in [6.07, 6.45) is -2.87. The van der Waals surface area contributed by atoms with Crippen molar-refractivity contribution in [1.29, 1.82) is 0 Å². The van der Waals surface area contributed by atoms with Gasteiger partial charge in [-0.3, -0.25) is 14.4 Å². The highest BCUT2D eigenvalue weighted by Gasteiger charge is 2.92. The molecule has 0 fully saturated rings. The van der Waals surface area contributed by atoms with Crippen molar-refractivity contribution in [1.82, 2.24) is 0 Å². The average molecular weight is 2120 g/mol. The lowest BCUT2D eigenvalue weighted by Gasteiger charge is -2.39. The molecule has 0 saturated carbocycles. The van der Waals surface area contributed by atoms with Gasteiger partial charge in [0, 0.05) is 183 Å². The number of hydrogen-bond donors (Lipinski definition) is 2. The van der Waals surface area contributed by atoms with Gasteiger partial charge in [0.2, 0.25) is 0 Å². The van der Waals surface area contributed by atoms with Gasteiger partial charge in [0.15, 0.2) is 0 Å². The SMILES string of the molecule is C.C.C.C.C.C.C=CC(=O)OCCC(F)(F)C(F)(F)C(F)(F)C(F)(F)C(F)(F)C(F)(F)F.C=CC(=O)OCCCCCC.C=CC(=O)OCCCOCCCOCCCOCCCOCCCOCCCO.CCCCCCOC(=O)CC(CC(C)C(=O)OCCCOCCCOCCCOCCCOCCCOCCCO)C(CC)C(=O)OCCC(F)(F)C(F)(F)C(F)(F)C(F)(F)C(F)(F)C(F)(F)F. The number of esters is 6. The Morgan fingerprint density at radius 2 is 0.493 bits per heavy atom. The van der Waals surface area contributed by atoms with Crippen LogP contribution in [0.1, 0.15) is 233 Å². The molecule has 0 aliphatic carbocycles. The Kier molecular flexibility index (Phi) is 93.3. The molecule has 140 heavy (non-hydrogen) atoms. The minimum Gasteiger partial charge on any atom is -0.466 e. The highest BCUT2D eigenvalue weighted by atomic mass is 19.4. The quantitative estimate of drug-likeness (QED) is 0.0188. The number of aliphatic hydroxyl groups excluding tert-OH is 2. The van der Waals surface area contributed by atoms with Gasteiger partial charge >= 0.3 is 107 Å². The van der Waals surface area contributed by atoms with Crippen LogP contribution in [0.15, 0.2) is 38.0 Å². The molecule has 0 aliphatic heterocycles. The van der Waals surface area contributed by atoms with Crippen molar-refractivity contribution in [3.63, 3.8) is 0 Å². The topological polar surface area (TPSA) is 291 Å². The summed E-state index contributed by atoms with van der Waals surface area (Å²) in [5, 5.41) is 17.3. The van der Waals surface area contributed by atoms with Crippen molar-refractivity contribution in [3.05, 3.63) is 38.0 Å². The van der Waals surface area contributed by atoms with E-state index in [0.717, 1.165) is 70.3 Å². The third-order valence-electron chi connectivity index (χ3n) is 18.0. The summed E-state index contributed by atoms with van der Waals surface area (Å²) in [5.74, 6) is -84.2. The fraction of sp³-hybridized carbons (Fsp3) is 0.867. The summed E-state index contributed by atoms with van der Waals surface area (Å²) in [4.78, 5) is 70.5. The van der Waals surface area contributed by atoms with E-state index in [-0.39, 0.29) is 103 Å². The molecule has 50 heteroatoms. The molecule has 0 amide bonds. The van der Waals surface area contributed by atoms with Gasteiger partial charge in [-0.1, -0.05) is 131 Å². The zero-order chi connectivity index (χ0) is 103. The van der Waals surface area contributed by atoms with Crippen LogP contribution in [0.5, 0.6) is 0 Å². The van der Waals surface area contributed by atoms with Crippen LogP contribution in [0.4, 0.5) is 114 Å². The van der Waals surface area contributed by atoms with Gasteiger partial charge in [-0.2, -0.15) is 114 Å². The van der Waals surface area contributed by atoms with Crippen molar-refractivity contribution in [2.24, 2.45) is 17.8 Å². The largest absolute Gasteiger partial charge is 0.466 e. The van der Waals surface area contributed by atoms with E-state index in [4.69, 9.17) is 76.5 Å². The second-order valence-electron chi connectivity index (χ2n) is 29.2. The van der Waals surface area contributed by atoms with E-state index in [9.17, 15) is 143 Å². The maximum absolute atomic E-state index is 14.4. The summed E-state index contributed by atoms with van der Waals surface area (Å²) in [5.41, 5.74) is 0. The summed E-state index contributed by atoms with van der Waals surface area (Å²) in [7, 11) is 0. The minimum absolute atomic E-state index is 0. The molecule has 0 rings (SSSR count). The predicted molar refractivity (Wildman–Crippen MR) is 469 cm³/mol. The van der Waals surface area contributed by atoms with Crippen molar-refractivity contribution in [3.8, 4) is 0 Å². The van der Waals surface area contributed by atoms with Crippen LogP contribution in [0, 0.1) is 17.8 Å². The first kappa shape index (κ1) is 154. The summed E-state index contributed by atoms with van der Waals surface area (Å²) < 4.78 is 424. The summed E-state index contributed by atoms with van der Waals surface area (Å²) >= 11 is 0. The fourth-order valence-electron chi connectivity index (χ4n) is 10.4. The molecular formula is C90H156F26O24. The van der Waals surface area contributed by atoms with Crippen LogP contribution >= 0.6 is 0 Å². The highest BCUT2D eigenvalue weighted by molar-refractivity contribution is 5.82. The molecule has 0 radical (unpaired) electrons. The summed E-state index contributed by atoms with van der Waals surface area (Å²) in [6.45, 7) is 24.9. The number of halogens is 26.